The maximum Gasteiger partial charge on any atom is 0.251 e. The monoisotopic (exact) mass is 345 g/mol. The zero-order valence-electron chi connectivity index (χ0n) is 15.5. The number of aliphatic imine (C=N–C) groups is 1. The molecule has 0 unspecified atom stereocenters. The standard InChI is InChI=1S/C19H31N5O/c1-23(2)13-10-21-18(25)17-9-7-8-16(14-17)15-22-19(20)24-11-5-3-4-6-12-24/h7-9,14H,3-6,10-13,15H2,1-2H3,(H2,20,22)(H,21,25). The minimum absolute atomic E-state index is 0.0480. The number of hydrogen-bond acceptors (Lipinski definition) is 3. The highest BCUT2D eigenvalue weighted by Gasteiger charge is 2.11. The molecule has 0 radical (unpaired) electrons. The fourth-order valence-electron chi connectivity index (χ4n) is 2.88. The van der Waals surface area contributed by atoms with Gasteiger partial charge in [-0.3, -0.25) is 4.79 Å². The van der Waals surface area contributed by atoms with E-state index in [2.05, 4.69) is 15.2 Å². The van der Waals surface area contributed by atoms with E-state index in [0.717, 1.165) is 25.2 Å². The Labute approximate surface area is 151 Å². The zero-order valence-corrected chi connectivity index (χ0v) is 15.5. The second kappa shape index (κ2) is 10.0. The van der Waals surface area contributed by atoms with Gasteiger partial charge < -0.3 is 20.9 Å². The van der Waals surface area contributed by atoms with Gasteiger partial charge in [0.05, 0.1) is 6.54 Å². The Morgan fingerprint density at radius 2 is 1.96 bits per heavy atom. The molecule has 0 atom stereocenters. The molecule has 0 spiro atoms. The Morgan fingerprint density at radius 1 is 1.24 bits per heavy atom. The number of amides is 1. The Balaban J connectivity index is 1.91. The summed E-state index contributed by atoms with van der Waals surface area (Å²) in [5.41, 5.74) is 7.81. The first-order valence-electron chi connectivity index (χ1n) is 9.13. The summed E-state index contributed by atoms with van der Waals surface area (Å²) in [6, 6.07) is 7.60. The van der Waals surface area contributed by atoms with Gasteiger partial charge in [0.1, 0.15) is 0 Å². The highest BCUT2D eigenvalue weighted by Crippen LogP contribution is 2.10. The number of likely N-dealkylation sites (N-methyl/N-ethyl adjacent to an activating group) is 1. The van der Waals surface area contributed by atoms with Gasteiger partial charge in [0, 0.05) is 31.7 Å². The van der Waals surface area contributed by atoms with Crippen molar-refractivity contribution in [1.82, 2.24) is 15.1 Å². The van der Waals surface area contributed by atoms with Crippen LogP contribution in [0.15, 0.2) is 29.3 Å². The Kier molecular flexibility index (Phi) is 7.73. The highest BCUT2D eigenvalue weighted by atomic mass is 16.1. The predicted octanol–water partition coefficient (Wildman–Crippen LogP) is 1.67. The molecule has 1 saturated heterocycles. The maximum atomic E-state index is 12.2. The van der Waals surface area contributed by atoms with Gasteiger partial charge >= 0.3 is 0 Å². The molecule has 6 heteroatoms. The van der Waals surface area contributed by atoms with Crippen molar-refractivity contribution in [3.8, 4) is 0 Å². The van der Waals surface area contributed by atoms with Crippen molar-refractivity contribution < 1.29 is 4.79 Å². The van der Waals surface area contributed by atoms with E-state index in [1.807, 2.05) is 43.3 Å². The van der Waals surface area contributed by atoms with Crippen molar-refractivity contribution in [2.45, 2.75) is 32.2 Å². The van der Waals surface area contributed by atoms with Crippen LogP contribution in [0.4, 0.5) is 0 Å². The molecule has 1 amide bonds. The molecule has 1 aliphatic rings. The fraction of sp³-hybridized carbons (Fsp3) is 0.579. The normalized spacial score (nSPS) is 16.0. The molecule has 6 nitrogen and oxygen atoms in total. The van der Waals surface area contributed by atoms with Gasteiger partial charge in [0.25, 0.3) is 5.91 Å². The first kappa shape index (κ1) is 19.2. The topological polar surface area (TPSA) is 74.0 Å². The van der Waals surface area contributed by atoms with Crippen LogP contribution < -0.4 is 11.1 Å². The molecule has 1 fully saturated rings. The van der Waals surface area contributed by atoms with Crippen LogP contribution in [0.3, 0.4) is 0 Å². The summed E-state index contributed by atoms with van der Waals surface area (Å²) < 4.78 is 0. The molecule has 3 N–H and O–H groups in total. The van der Waals surface area contributed by atoms with Crippen molar-refractivity contribution in [3.63, 3.8) is 0 Å². The SMILES string of the molecule is CN(C)CCNC(=O)c1cccc(CN=C(N)N2CCCCCC2)c1. The number of benzene rings is 1. The van der Waals surface area contributed by atoms with E-state index in [4.69, 9.17) is 5.73 Å². The van der Waals surface area contributed by atoms with E-state index in [-0.39, 0.29) is 5.91 Å². The van der Waals surface area contributed by atoms with E-state index >= 15 is 0 Å². The number of likely N-dealkylation sites (tertiary alicyclic amines) is 1. The van der Waals surface area contributed by atoms with Gasteiger partial charge in [-0.2, -0.15) is 0 Å². The van der Waals surface area contributed by atoms with Gasteiger partial charge in [0.2, 0.25) is 0 Å². The number of guanidine groups is 1. The van der Waals surface area contributed by atoms with Crippen molar-refractivity contribution in [3.05, 3.63) is 35.4 Å². The third-order valence-electron chi connectivity index (χ3n) is 4.39. The average molecular weight is 345 g/mol. The fourth-order valence-corrected chi connectivity index (χ4v) is 2.88. The molecule has 1 aromatic carbocycles. The van der Waals surface area contributed by atoms with Crippen LogP contribution in [-0.2, 0) is 6.54 Å². The lowest BCUT2D eigenvalue weighted by molar-refractivity contribution is 0.0951. The quantitative estimate of drug-likeness (QED) is 0.607. The van der Waals surface area contributed by atoms with E-state index < -0.39 is 0 Å². The second-order valence-corrected chi connectivity index (χ2v) is 6.84. The number of hydrogen-bond donors (Lipinski definition) is 2. The van der Waals surface area contributed by atoms with Gasteiger partial charge in [-0.25, -0.2) is 4.99 Å². The lowest BCUT2D eigenvalue weighted by Crippen LogP contribution is -2.38. The highest BCUT2D eigenvalue weighted by molar-refractivity contribution is 5.94. The molecule has 1 aromatic rings. The first-order valence-corrected chi connectivity index (χ1v) is 9.13. The Morgan fingerprint density at radius 3 is 2.64 bits per heavy atom. The molecular formula is C19H31N5O. The molecule has 138 valence electrons. The number of carbonyl (C=O) groups is 1. The first-order chi connectivity index (χ1) is 12.1. The molecule has 0 saturated carbocycles. The molecule has 0 bridgehead atoms. The lowest BCUT2D eigenvalue weighted by Gasteiger charge is -2.21. The minimum atomic E-state index is -0.0480. The summed E-state index contributed by atoms with van der Waals surface area (Å²) >= 11 is 0. The van der Waals surface area contributed by atoms with Crippen LogP contribution in [0.25, 0.3) is 0 Å². The largest absolute Gasteiger partial charge is 0.370 e. The van der Waals surface area contributed by atoms with Crippen molar-refractivity contribution in [2.75, 3.05) is 40.3 Å². The molecule has 1 heterocycles. The smallest absolute Gasteiger partial charge is 0.251 e. The molecular weight excluding hydrogens is 314 g/mol. The number of nitrogens with one attached hydrogen (secondary N) is 1. The van der Waals surface area contributed by atoms with Gasteiger partial charge in [0.15, 0.2) is 5.96 Å². The van der Waals surface area contributed by atoms with Crippen LogP contribution in [0.1, 0.15) is 41.6 Å². The third-order valence-corrected chi connectivity index (χ3v) is 4.39. The summed E-state index contributed by atoms with van der Waals surface area (Å²) in [4.78, 5) is 20.9. The molecule has 1 aliphatic heterocycles. The summed E-state index contributed by atoms with van der Waals surface area (Å²) in [6.45, 7) is 3.94. The molecule has 2 rings (SSSR count). The van der Waals surface area contributed by atoms with Crippen molar-refractivity contribution in [2.24, 2.45) is 10.7 Å². The number of nitrogens with zero attached hydrogens (tertiary/aromatic N) is 3. The molecule has 0 aromatic heterocycles. The summed E-state index contributed by atoms with van der Waals surface area (Å²) in [7, 11) is 3.97. The zero-order chi connectivity index (χ0) is 18.1. The number of nitrogens with two attached hydrogens (primary N) is 1. The van der Waals surface area contributed by atoms with Crippen LogP contribution in [0.2, 0.25) is 0 Å². The lowest BCUT2D eigenvalue weighted by atomic mass is 10.1. The van der Waals surface area contributed by atoms with Crippen molar-refractivity contribution in [1.29, 1.82) is 0 Å². The van der Waals surface area contributed by atoms with E-state index in [0.29, 0.717) is 24.6 Å². The van der Waals surface area contributed by atoms with Crippen LogP contribution >= 0.6 is 0 Å². The summed E-state index contributed by atoms with van der Waals surface area (Å²) in [5.74, 6) is 0.566. The third kappa shape index (κ3) is 6.74. The van der Waals surface area contributed by atoms with E-state index in [1.54, 1.807) is 0 Å². The van der Waals surface area contributed by atoms with Crippen LogP contribution in [0.5, 0.6) is 0 Å². The Bertz CT molecular complexity index is 577. The average Bonchev–Trinajstić information content (AvgIpc) is 2.89. The Hall–Kier alpha value is -2.08. The van der Waals surface area contributed by atoms with Gasteiger partial charge in [-0.05, 0) is 44.6 Å². The van der Waals surface area contributed by atoms with Crippen LogP contribution in [-0.4, -0.2) is 61.9 Å². The maximum absolute atomic E-state index is 12.2. The summed E-state index contributed by atoms with van der Waals surface area (Å²) in [5, 5.41) is 2.93. The number of carbonyl (C=O) groups excluding carboxylic acids is 1. The predicted molar refractivity (Wildman–Crippen MR) is 103 cm³/mol. The molecule has 0 aliphatic carbocycles. The van der Waals surface area contributed by atoms with E-state index in [9.17, 15) is 4.79 Å². The van der Waals surface area contributed by atoms with E-state index in [1.165, 1.54) is 25.7 Å². The van der Waals surface area contributed by atoms with Gasteiger partial charge in [-0.15, -0.1) is 0 Å². The minimum Gasteiger partial charge on any atom is -0.370 e. The summed E-state index contributed by atoms with van der Waals surface area (Å²) in [6.07, 6.45) is 4.90. The van der Waals surface area contributed by atoms with Crippen LogP contribution in [0, 0.1) is 0 Å². The molecule has 25 heavy (non-hydrogen) atoms. The number of rotatable bonds is 6. The van der Waals surface area contributed by atoms with Crippen molar-refractivity contribution >= 4 is 11.9 Å². The second-order valence-electron chi connectivity index (χ2n) is 6.84. The van der Waals surface area contributed by atoms with Gasteiger partial charge in [-0.1, -0.05) is 25.0 Å².